The molecule has 1 heterocycles. The number of hydrogen-bond acceptors (Lipinski definition) is 6. The van der Waals surface area contributed by atoms with E-state index in [4.69, 9.17) is 8.92 Å². The highest BCUT2D eigenvalue weighted by atomic mass is 32.2. The third-order valence-electron chi connectivity index (χ3n) is 8.43. The van der Waals surface area contributed by atoms with Crippen LogP contribution in [0, 0.1) is 17.8 Å². The second-order valence-corrected chi connectivity index (χ2v) is 13.5. The minimum atomic E-state index is -5.82. The van der Waals surface area contributed by atoms with E-state index >= 15 is 0 Å². The summed E-state index contributed by atoms with van der Waals surface area (Å²) < 4.78 is 74.1. The molecule has 4 aliphatic rings. The zero-order valence-corrected chi connectivity index (χ0v) is 22.3. The van der Waals surface area contributed by atoms with Crippen LogP contribution in [0.1, 0.15) is 61.4 Å². The van der Waals surface area contributed by atoms with Crippen molar-refractivity contribution in [2.75, 3.05) is 6.61 Å². The van der Waals surface area contributed by atoms with Crippen molar-refractivity contribution in [3.63, 3.8) is 0 Å². The molecule has 7 rings (SSSR count). The van der Waals surface area contributed by atoms with Crippen LogP contribution in [0.25, 0.3) is 21.2 Å². The molecule has 0 radical (unpaired) electrons. The lowest BCUT2D eigenvalue weighted by atomic mass is 9.48. The van der Waals surface area contributed by atoms with E-state index in [9.17, 15) is 26.4 Å². The summed E-state index contributed by atoms with van der Waals surface area (Å²) in [6.07, 6.45) is 5.90. The Morgan fingerprint density at radius 3 is 2.26 bits per heavy atom. The monoisotopic (exact) mass is 564 g/mol. The molecule has 38 heavy (non-hydrogen) atoms. The molecule has 4 bridgehead atoms. The molecule has 5 nitrogen and oxygen atoms in total. The lowest BCUT2D eigenvalue weighted by molar-refractivity contribution is -0.0502. The minimum Gasteiger partial charge on any atom is -0.462 e. The van der Waals surface area contributed by atoms with Crippen molar-refractivity contribution in [2.45, 2.75) is 56.4 Å². The van der Waals surface area contributed by atoms with Crippen LogP contribution in [0.3, 0.4) is 0 Å². The molecule has 4 aliphatic carbocycles. The average molecular weight is 565 g/mol. The molecule has 1 aromatic heterocycles. The number of rotatable bonds is 6. The predicted molar refractivity (Wildman–Crippen MR) is 139 cm³/mol. The fraction of sp³-hybridized carbons (Fsp3) is 0.464. The van der Waals surface area contributed by atoms with Crippen LogP contribution in [0.4, 0.5) is 13.2 Å². The molecule has 0 amide bonds. The van der Waals surface area contributed by atoms with Gasteiger partial charge in [-0.1, -0.05) is 12.1 Å². The number of thiophene rings is 1. The molecule has 0 unspecified atom stereocenters. The lowest BCUT2D eigenvalue weighted by Gasteiger charge is -2.57. The highest BCUT2D eigenvalue weighted by molar-refractivity contribution is 7.88. The molecule has 4 saturated carbocycles. The Bertz CT molecular complexity index is 1490. The van der Waals surface area contributed by atoms with Gasteiger partial charge >= 0.3 is 21.6 Å². The molecule has 0 N–H and O–H groups in total. The number of ether oxygens (including phenoxy) is 1. The maximum absolute atomic E-state index is 13.3. The second kappa shape index (κ2) is 8.98. The van der Waals surface area contributed by atoms with Crippen LogP contribution >= 0.6 is 11.3 Å². The average Bonchev–Trinajstić information content (AvgIpc) is 3.32. The fourth-order valence-electron chi connectivity index (χ4n) is 7.33. The van der Waals surface area contributed by atoms with Crippen LogP contribution in [-0.4, -0.2) is 26.5 Å². The van der Waals surface area contributed by atoms with E-state index in [1.165, 1.54) is 17.4 Å². The molecule has 0 atom stereocenters. The van der Waals surface area contributed by atoms with Crippen LogP contribution < -0.4 is 4.18 Å². The summed E-state index contributed by atoms with van der Waals surface area (Å²) in [6.45, 7) is 2.02. The van der Waals surface area contributed by atoms with E-state index in [0.29, 0.717) is 34.3 Å². The Kier molecular flexibility index (Phi) is 6.07. The van der Waals surface area contributed by atoms with Crippen LogP contribution in [0.15, 0.2) is 41.8 Å². The first-order valence-electron chi connectivity index (χ1n) is 12.8. The van der Waals surface area contributed by atoms with Crippen molar-refractivity contribution < 1.29 is 35.3 Å². The van der Waals surface area contributed by atoms with Crippen molar-refractivity contribution in [1.82, 2.24) is 0 Å². The Labute approximate surface area is 223 Å². The standard InChI is InChI=1S/C28H27F3O5S2/c1-2-35-26(32)22-11-25(37-15-22)20-4-3-19-10-24(36-38(33,34)28(29,30)31)23(9-21(19)8-20)27-12-16-5-17(13-27)7-18(6-16)14-27/h3-4,8-11,15-18H,2,5-7,12-14H2,1H3. The first kappa shape index (κ1) is 25.7. The van der Waals surface area contributed by atoms with Gasteiger partial charge in [-0.2, -0.15) is 21.6 Å². The zero-order valence-electron chi connectivity index (χ0n) is 20.7. The van der Waals surface area contributed by atoms with E-state index in [2.05, 4.69) is 0 Å². The third-order valence-corrected chi connectivity index (χ3v) is 10.4. The minimum absolute atomic E-state index is 0.217. The summed E-state index contributed by atoms with van der Waals surface area (Å²) in [4.78, 5) is 13.0. The third kappa shape index (κ3) is 4.39. The number of hydrogen-bond donors (Lipinski definition) is 0. The zero-order chi connectivity index (χ0) is 26.9. The summed E-state index contributed by atoms with van der Waals surface area (Å²) in [5, 5.41) is 3.10. The summed E-state index contributed by atoms with van der Waals surface area (Å²) in [6, 6.07) is 10.5. The molecule has 3 aromatic rings. The number of carbonyl (C=O) groups is 1. The van der Waals surface area contributed by atoms with Crippen molar-refractivity contribution in [1.29, 1.82) is 0 Å². The predicted octanol–water partition coefficient (Wildman–Crippen LogP) is 7.44. The van der Waals surface area contributed by atoms with Crippen molar-refractivity contribution >= 4 is 38.2 Å². The van der Waals surface area contributed by atoms with Gasteiger partial charge in [0.05, 0.1) is 12.2 Å². The van der Waals surface area contributed by atoms with E-state index in [0.717, 1.165) is 54.4 Å². The normalized spacial score (nSPS) is 26.6. The Morgan fingerprint density at radius 1 is 1.00 bits per heavy atom. The summed E-state index contributed by atoms with van der Waals surface area (Å²) in [7, 11) is -5.82. The molecule has 2 aromatic carbocycles. The first-order valence-corrected chi connectivity index (χ1v) is 15.1. The number of carbonyl (C=O) groups excluding carboxylic acids is 1. The molecular weight excluding hydrogens is 537 g/mol. The number of alkyl halides is 3. The van der Waals surface area contributed by atoms with E-state index in [1.807, 2.05) is 12.1 Å². The SMILES string of the molecule is CCOC(=O)c1csc(-c2ccc3cc(OS(=O)(=O)C(F)(F)F)c(C45CC6CC(CC(C6)C4)C5)cc3c2)c1. The van der Waals surface area contributed by atoms with E-state index in [1.54, 1.807) is 30.5 Å². The largest absolute Gasteiger partial charge is 0.534 e. The second-order valence-electron chi connectivity index (χ2n) is 11.0. The highest BCUT2D eigenvalue weighted by Crippen LogP contribution is 2.62. The van der Waals surface area contributed by atoms with Gasteiger partial charge in [-0.15, -0.1) is 11.3 Å². The maximum Gasteiger partial charge on any atom is 0.534 e. The van der Waals surface area contributed by atoms with Gasteiger partial charge in [0, 0.05) is 15.8 Å². The van der Waals surface area contributed by atoms with Crippen molar-refractivity contribution in [3.8, 4) is 16.2 Å². The van der Waals surface area contributed by atoms with Gasteiger partial charge in [0.1, 0.15) is 5.75 Å². The fourth-order valence-corrected chi connectivity index (χ4v) is 8.67. The molecular formula is C28H27F3O5S2. The summed E-state index contributed by atoms with van der Waals surface area (Å²) >= 11 is 1.40. The van der Waals surface area contributed by atoms with E-state index in [-0.39, 0.29) is 12.4 Å². The summed E-state index contributed by atoms with van der Waals surface area (Å²) in [5.41, 5.74) is -4.03. The first-order chi connectivity index (χ1) is 18.0. The molecule has 202 valence electrons. The Hall–Kier alpha value is -2.59. The quantitative estimate of drug-likeness (QED) is 0.177. The van der Waals surface area contributed by atoms with Gasteiger partial charge < -0.3 is 8.92 Å². The van der Waals surface area contributed by atoms with Crippen molar-refractivity contribution in [2.24, 2.45) is 17.8 Å². The number of fused-ring (bicyclic) bond motifs is 1. The number of halogens is 3. The number of esters is 1. The smallest absolute Gasteiger partial charge is 0.462 e. The maximum atomic E-state index is 13.3. The van der Waals surface area contributed by atoms with Gasteiger partial charge in [-0.05, 0) is 109 Å². The van der Waals surface area contributed by atoms with Crippen LogP contribution in [0.2, 0.25) is 0 Å². The van der Waals surface area contributed by atoms with Gasteiger partial charge in [0.15, 0.2) is 0 Å². The van der Waals surface area contributed by atoms with Gasteiger partial charge in [-0.3, -0.25) is 0 Å². The Balaban J connectivity index is 1.46. The van der Waals surface area contributed by atoms with Gasteiger partial charge in [-0.25, -0.2) is 4.79 Å². The van der Waals surface area contributed by atoms with Crippen LogP contribution in [0.5, 0.6) is 5.75 Å². The number of benzene rings is 2. The van der Waals surface area contributed by atoms with E-state index < -0.39 is 27.0 Å². The molecule has 0 aliphatic heterocycles. The lowest BCUT2D eigenvalue weighted by Crippen LogP contribution is -2.48. The molecule has 4 fully saturated rings. The summed E-state index contributed by atoms with van der Waals surface area (Å²) in [5.74, 6) is 0.895. The topological polar surface area (TPSA) is 69.7 Å². The Morgan fingerprint density at radius 2 is 1.66 bits per heavy atom. The van der Waals surface area contributed by atoms with Gasteiger partial charge in [0.25, 0.3) is 0 Å². The van der Waals surface area contributed by atoms with Gasteiger partial charge in [0.2, 0.25) is 0 Å². The molecule has 0 saturated heterocycles. The molecule has 0 spiro atoms. The molecule has 10 heteroatoms. The van der Waals surface area contributed by atoms with Crippen molar-refractivity contribution in [3.05, 3.63) is 52.9 Å². The highest BCUT2D eigenvalue weighted by Gasteiger charge is 2.54. The van der Waals surface area contributed by atoms with Crippen LogP contribution in [-0.2, 0) is 20.3 Å².